The molecule has 0 aromatic heterocycles. The standard InChI is InChI=1S/C9H17F3N2/c10-9(11,12)4-2-5-13-7-8-3-1-6-14-8/h8,13-14H,1-7H2. The Hall–Kier alpha value is -0.290. The largest absolute Gasteiger partial charge is 0.389 e. The Labute approximate surface area is 82.2 Å². The van der Waals surface area contributed by atoms with Crippen LogP contribution < -0.4 is 10.6 Å². The minimum absolute atomic E-state index is 0.177. The number of alkyl halides is 3. The van der Waals surface area contributed by atoms with Crippen LogP contribution in [0.5, 0.6) is 0 Å². The van der Waals surface area contributed by atoms with Crippen molar-refractivity contribution in [3.05, 3.63) is 0 Å². The summed E-state index contributed by atoms with van der Waals surface area (Å²) < 4.78 is 35.2. The normalized spacial score (nSPS) is 22.9. The number of halogens is 3. The molecule has 0 aliphatic carbocycles. The molecule has 1 aliphatic rings. The van der Waals surface area contributed by atoms with Crippen LogP contribution in [0.3, 0.4) is 0 Å². The molecule has 1 atom stereocenters. The first-order chi connectivity index (χ1) is 6.58. The molecule has 14 heavy (non-hydrogen) atoms. The fraction of sp³-hybridized carbons (Fsp3) is 1.00. The van der Waals surface area contributed by atoms with Crippen LogP contribution in [0.2, 0.25) is 0 Å². The van der Waals surface area contributed by atoms with Crippen molar-refractivity contribution in [2.24, 2.45) is 0 Å². The van der Waals surface area contributed by atoms with Gasteiger partial charge in [-0.2, -0.15) is 13.2 Å². The average molecular weight is 210 g/mol. The smallest absolute Gasteiger partial charge is 0.315 e. The molecule has 0 radical (unpaired) electrons. The van der Waals surface area contributed by atoms with Crippen LogP contribution in [0.1, 0.15) is 25.7 Å². The summed E-state index contributed by atoms with van der Waals surface area (Å²) in [5.74, 6) is 0. The lowest BCUT2D eigenvalue weighted by Gasteiger charge is -2.11. The van der Waals surface area contributed by atoms with Crippen molar-refractivity contribution in [2.75, 3.05) is 19.6 Å². The molecule has 5 heteroatoms. The molecule has 2 nitrogen and oxygen atoms in total. The highest BCUT2D eigenvalue weighted by Crippen LogP contribution is 2.20. The summed E-state index contributed by atoms with van der Waals surface area (Å²) >= 11 is 0. The van der Waals surface area contributed by atoms with Gasteiger partial charge in [0.25, 0.3) is 0 Å². The van der Waals surface area contributed by atoms with Gasteiger partial charge in [0.15, 0.2) is 0 Å². The van der Waals surface area contributed by atoms with Crippen LogP contribution in [0.4, 0.5) is 13.2 Å². The van der Waals surface area contributed by atoms with Gasteiger partial charge in [-0.15, -0.1) is 0 Å². The Bertz CT molecular complexity index is 153. The van der Waals surface area contributed by atoms with Crippen LogP contribution in [0.25, 0.3) is 0 Å². The van der Waals surface area contributed by atoms with Crippen molar-refractivity contribution >= 4 is 0 Å². The van der Waals surface area contributed by atoms with Crippen LogP contribution >= 0.6 is 0 Å². The number of nitrogens with one attached hydrogen (secondary N) is 2. The molecule has 0 aromatic carbocycles. The molecule has 1 aliphatic heterocycles. The van der Waals surface area contributed by atoms with E-state index in [1.54, 1.807) is 0 Å². The van der Waals surface area contributed by atoms with Crippen molar-refractivity contribution in [2.45, 2.75) is 37.9 Å². The summed E-state index contributed by atoms with van der Waals surface area (Å²) in [4.78, 5) is 0. The van der Waals surface area contributed by atoms with Crippen LogP contribution in [-0.4, -0.2) is 31.9 Å². The molecule has 0 saturated carbocycles. The molecule has 0 bridgehead atoms. The van der Waals surface area contributed by atoms with E-state index in [0.717, 1.165) is 19.5 Å². The Morgan fingerprint density at radius 2 is 2.14 bits per heavy atom. The molecule has 1 unspecified atom stereocenters. The van der Waals surface area contributed by atoms with Crippen molar-refractivity contribution < 1.29 is 13.2 Å². The number of rotatable bonds is 5. The van der Waals surface area contributed by atoms with Crippen molar-refractivity contribution in [1.82, 2.24) is 10.6 Å². The third-order valence-corrected chi connectivity index (χ3v) is 2.37. The molecule has 1 rings (SSSR count). The molecule has 1 fully saturated rings. The molecule has 1 heterocycles. The van der Waals surface area contributed by atoms with Gasteiger partial charge < -0.3 is 10.6 Å². The molecule has 84 valence electrons. The van der Waals surface area contributed by atoms with E-state index < -0.39 is 12.6 Å². The van der Waals surface area contributed by atoms with Crippen molar-refractivity contribution in [3.63, 3.8) is 0 Å². The Balaban J connectivity index is 1.89. The van der Waals surface area contributed by atoms with Gasteiger partial charge in [-0.1, -0.05) is 0 Å². The Morgan fingerprint density at radius 3 is 2.71 bits per heavy atom. The second-order valence-electron chi connectivity index (χ2n) is 3.72. The van der Waals surface area contributed by atoms with Crippen molar-refractivity contribution in [1.29, 1.82) is 0 Å². The summed E-state index contributed by atoms with van der Waals surface area (Å²) in [6.07, 6.45) is -2.21. The zero-order chi connectivity index (χ0) is 10.4. The van der Waals surface area contributed by atoms with E-state index in [1.807, 2.05) is 0 Å². The minimum Gasteiger partial charge on any atom is -0.315 e. The number of hydrogen-bond acceptors (Lipinski definition) is 2. The molecule has 0 spiro atoms. The monoisotopic (exact) mass is 210 g/mol. The SMILES string of the molecule is FC(F)(F)CCCNCC1CCCN1. The highest BCUT2D eigenvalue weighted by Gasteiger charge is 2.25. The quantitative estimate of drug-likeness (QED) is 0.674. The maximum Gasteiger partial charge on any atom is 0.389 e. The van der Waals surface area contributed by atoms with Gasteiger partial charge in [-0.3, -0.25) is 0 Å². The average Bonchev–Trinajstić information content (AvgIpc) is 2.54. The van der Waals surface area contributed by atoms with Gasteiger partial charge in [0.1, 0.15) is 0 Å². The van der Waals surface area contributed by atoms with Crippen LogP contribution in [-0.2, 0) is 0 Å². The summed E-state index contributed by atoms with van der Waals surface area (Å²) in [6, 6.07) is 0.459. The van der Waals surface area contributed by atoms with Gasteiger partial charge >= 0.3 is 6.18 Å². The van der Waals surface area contributed by atoms with Gasteiger partial charge in [-0.25, -0.2) is 0 Å². The first-order valence-corrected chi connectivity index (χ1v) is 5.09. The van der Waals surface area contributed by atoms with E-state index in [2.05, 4.69) is 10.6 Å². The highest BCUT2D eigenvalue weighted by atomic mass is 19.4. The first-order valence-electron chi connectivity index (χ1n) is 5.09. The third-order valence-electron chi connectivity index (χ3n) is 2.37. The van der Waals surface area contributed by atoms with Crippen molar-refractivity contribution in [3.8, 4) is 0 Å². The third kappa shape index (κ3) is 5.44. The maximum absolute atomic E-state index is 11.7. The van der Waals surface area contributed by atoms with E-state index in [9.17, 15) is 13.2 Å². The van der Waals surface area contributed by atoms with E-state index in [4.69, 9.17) is 0 Å². The number of hydrogen-bond donors (Lipinski definition) is 2. The predicted octanol–water partition coefficient (Wildman–Crippen LogP) is 1.67. The topological polar surface area (TPSA) is 24.1 Å². The van der Waals surface area contributed by atoms with Crippen LogP contribution in [0, 0.1) is 0 Å². The summed E-state index contributed by atoms with van der Waals surface area (Å²) in [6.45, 7) is 2.28. The first kappa shape index (κ1) is 11.8. The minimum atomic E-state index is -4.01. The second kappa shape index (κ2) is 5.56. The van der Waals surface area contributed by atoms with Gasteiger partial charge in [0.2, 0.25) is 0 Å². The zero-order valence-corrected chi connectivity index (χ0v) is 8.16. The fourth-order valence-electron chi connectivity index (χ4n) is 1.62. The predicted molar refractivity (Wildman–Crippen MR) is 49.2 cm³/mol. The Morgan fingerprint density at radius 1 is 1.36 bits per heavy atom. The molecular weight excluding hydrogens is 193 g/mol. The fourth-order valence-corrected chi connectivity index (χ4v) is 1.62. The molecule has 0 amide bonds. The van der Waals surface area contributed by atoms with E-state index in [0.29, 0.717) is 12.6 Å². The lowest BCUT2D eigenvalue weighted by molar-refractivity contribution is -0.135. The van der Waals surface area contributed by atoms with E-state index >= 15 is 0 Å². The van der Waals surface area contributed by atoms with E-state index in [-0.39, 0.29) is 6.42 Å². The molecule has 2 N–H and O–H groups in total. The van der Waals surface area contributed by atoms with E-state index in [1.165, 1.54) is 6.42 Å². The highest BCUT2D eigenvalue weighted by molar-refractivity contribution is 4.75. The summed E-state index contributed by atoms with van der Waals surface area (Å²) in [5, 5.41) is 6.32. The lowest BCUT2D eigenvalue weighted by atomic mass is 10.2. The molecule has 1 saturated heterocycles. The molecule has 0 aromatic rings. The lowest BCUT2D eigenvalue weighted by Crippen LogP contribution is -2.34. The molecular formula is C9H17F3N2. The van der Waals surface area contributed by atoms with Gasteiger partial charge in [0, 0.05) is 19.0 Å². The van der Waals surface area contributed by atoms with Gasteiger partial charge in [0.05, 0.1) is 0 Å². The summed E-state index contributed by atoms with van der Waals surface area (Å²) in [5.41, 5.74) is 0. The summed E-state index contributed by atoms with van der Waals surface area (Å²) in [7, 11) is 0. The maximum atomic E-state index is 11.7. The van der Waals surface area contributed by atoms with Crippen LogP contribution in [0.15, 0.2) is 0 Å². The zero-order valence-electron chi connectivity index (χ0n) is 8.16. The second-order valence-corrected chi connectivity index (χ2v) is 3.72. The Kier molecular flexibility index (Phi) is 4.68. The van der Waals surface area contributed by atoms with Gasteiger partial charge in [-0.05, 0) is 32.4 Å².